The van der Waals surface area contributed by atoms with Crippen LogP contribution in [0, 0.1) is 6.92 Å². The zero-order valence-corrected chi connectivity index (χ0v) is 15.5. The second-order valence-corrected chi connectivity index (χ2v) is 6.80. The van der Waals surface area contributed by atoms with Crippen LogP contribution in [0.25, 0.3) is 10.4 Å². The average molecular weight is 354 g/mol. The topological polar surface area (TPSA) is 43.4 Å². The van der Waals surface area contributed by atoms with Crippen molar-refractivity contribution in [3.8, 4) is 21.9 Å². The third-order valence-electron chi connectivity index (χ3n) is 4.04. The summed E-state index contributed by atoms with van der Waals surface area (Å²) in [4.78, 5) is 5.74. The Morgan fingerprint density at radius 1 is 1.00 bits per heavy atom. The molecule has 5 heteroatoms. The Bertz CT molecular complexity index is 845. The average Bonchev–Trinajstić information content (AvgIpc) is 3.10. The molecule has 1 heterocycles. The quantitative estimate of drug-likeness (QED) is 0.682. The van der Waals surface area contributed by atoms with E-state index in [1.807, 2.05) is 24.4 Å². The van der Waals surface area contributed by atoms with Crippen molar-refractivity contribution in [2.75, 3.05) is 14.2 Å². The Labute approximate surface area is 152 Å². The minimum absolute atomic E-state index is 0.694. The minimum Gasteiger partial charge on any atom is -0.493 e. The Morgan fingerprint density at radius 3 is 2.60 bits per heavy atom. The molecule has 0 unspecified atom stereocenters. The number of nitrogens with one attached hydrogen (secondary N) is 1. The van der Waals surface area contributed by atoms with Gasteiger partial charge in [0.05, 0.1) is 19.1 Å². The van der Waals surface area contributed by atoms with Crippen LogP contribution in [0.3, 0.4) is 0 Å². The minimum atomic E-state index is 0.694. The summed E-state index contributed by atoms with van der Waals surface area (Å²) in [7, 11) is 3.31. The Morgan fingerprint density at radius 2 is 1.84 bits per heavy atom. The first kappa shape index (κ1) is 17.5. The molecule has 0 aliphatic rings. The van der Waals surface area contributed by atoms with Crippen molar-refractivity contribution in [3.05, 3.63) is 64.8 Å². The predicted molar refractivity (Wildman–Crippen MR) is 102 cm³/mol. The molecule has 4 nitrogen and oxygen atoms in total. The number of hydrogen-bond donors (Lipinski definition) is 1. The van der Waals surface area contributed by atoms with Gasteiger partial charge in [-0.2, -0.15) is 0 Å². The lowest BCUT2D eigenvalue weighted by Crippen LogP contribution is -2.13. The Balaban J connectivity index is 1.65. The van der Waals surface area contributed by atoms with Crippen molar-refractivity contribution in [1.82, 2.24) is 10.3 Å². The largest absolute Gasteiger partial charge is 0.493 e. The molecular weight excluding hydrogens is 332 g/mol. The second kappa shape index (κ2) is 8.14. The van der Waals surface area contributed by atoms with Gasteiger partial charge in [0, 0.05) is 24.8 Å². The van der Waals surface area contributed by atoms with Crippen molar-refractivity contribution >= 4 is 11.3 Å². The van der Waals surface area contributed by atoms with Crippen molar-refractivity contribution in [2.24, 2.45) is 0 Å². The molecule has 3 rings (SSSR count). The highest BCUT2D eigenvalue weighted by Gasteiger charge is 2.10. The number of hydrogen-bond acceptors (Lipinski definition) is 5. The predicted octanol–water partition coefficient (Wildman–Crippen LogP) is 4.43. The highest BCUT2D eigenvalue weighted by atomic mass is 32.1. The number of ether oxygens (including phenoxy) is 2. The van der Waals surface area contributed by atoms with Gasteiger partial charge in [0.2, 0.25) is 0 Å². The molecule has 3 aromatic rings. The molecule has 2 aromatic carbocycles. The molecule has 0 amide bonds. The Kier molecular flexibility index (Phi) is 5.68. The molecule has 1 aromatic heterocycles. The molecule has 25 heavy (non-hydrogen) atoms. The lowest BCUT2D eigenvalue weighted by Gasteiger charge is -2.12. The highest BCUT2D eigenvalue weighted by Crippen LogP contribution is 2.31. The van der Waals surface area contributed by atoms with Crippen molar-refractivity contribution in [1.29, 1.82) is 0 Å². The van der Waals surface area contributed by atoms with Gasteiger partial charge in [-0.15, -0.1) is 11.3 Å². The monoisotopic (exact) mass is 354 g/mol. The van der Waals surface area contributed by atoms with E-state index in [9.17, 15) is 0 Å². The number of rotatable bonds is 7. The van der Waals surface area contributed by atoms with E-state index in [1.54, 1.807) is 25.6 Å². The molecule has 0 aliphatic carbocycles. The van der Waals surface area contributed by atoms with E-state index in [-0.39, 0.29) is 0 Å². The summed E-state index contributed by atoms with van der Waals surface area (Å²) >= 11 is 1.72. The lowest BCUT2D eigenvalue weighted by molar-refractivity contribution is 0.350. The molecule has 0 saturated heterocycles. The maximum atomic E-state index is 5.47. The summed E-state index contributed by atoms with van der Waals surface area (Å²) in [5.74, 6) is 1.52. The van der Waals surface area contributed by atoms with E-state index in [2.05, 4.69) is 41.5 Å². The fourth-order valence-corrected chi connectivity index (χ4v) is 3.74. The Hall–Kier alpha value is -2.37. The van der Waals surface area contributed by atoms with E-state index in [0.29, 0.717) is 6.54 Å². The third kappa shape index (κ3) is 4.00. The molecule has 0 aliphatic heterocycles. The normalized spacial score (nSPS) is 10.7. The summed E-state index contributed by atoms with van der Waals surface area (Å²) in [6, 6.07) is 14.3. The van der Waals surface area contributed by atoms with Gasteiger partial charge < -0.3 is 14.8 Å². The second-order valence-electron chi connectivity index (χ2n) is 5.69. The van der Waals surface area contributed by atoms with Gasteiger partial charge in [0.15, 0.2) is 11.5 Å². The number of aromatic nitrogens is 1. The van der Waals surface area contributed by atoms with Crippen LogP contribution in [0.2, 0.25) is 0 Å². The molecule has 1 N–H and O–H groups in total. The first-order valence-electron chi connectivity index (χ1n) is 8.14. The van der Waals surface area contributed by atoms with E-state index in [0.717, 1.165) is 28.6 Å². The summed E-state index contributed by atoms with van der Waals surface area (Å²) in [6.45, 7) is 3.54. The van der Waals surface area contributed by atoms with Crippen LogP contribution in [0.5, 0.6) is 11.5 Å². The standard InChI is InChI=1S/C20H22N2O2S/c1-14-7-4-5-9-16(14)18-12-22-19(25-18)13-21-11-15-8-6-10-17(23-2)20(15)24-3/h4-10,12,21H,11,13H2,1-3H3. The lowest BCUT2D eigenvalue weighted by atomic mass is 10.1. The summed E-state index contributed by atoms with van der Waals surface area (Å²) < 4.78 is 10.8. The van der Waals surface area contributed by atoms with Gasteiger partial charge >= 0.3 is 0 Å². The SMILES string of the molecule is COc1cccc(CNCc2ncc(-c3ccccc3C)s2)c1OC. The number of thiazole rings is 1. The first-order valence-corrected chi connectivity index (χ1v) is 8.96. The van der Waals surface area contributed by atoms with Gasteiger partial charge in [-0.1, -0.05) is 36.4 Å². The van der Waals surface area contributed by atoms with Crippen LogP contribution in [-0.2, 0) is 13.1 Å². The molecule has 0 saturated carbocycles. The number of methoxy groups -OCH3 is 2. The van der Waals surface area contributed by atoms with Gasteiger partial charge in [-0.3, -0.25) is 0 Å². The first-order chi connectivity index (χ1) is 12.2. The molecule has 0 radical (unpaired) electrons. The van der Waals surface area contributed by atoms with Crippen LogP contribution in [0.4, 0.5) is 0 Å². The fourth-order valence-electron chi connectivity index (χ4n) is 2.76. The zero-order valence-electron chi connectivity index (χ0n) is 14.7. The molecule has 0 bridgehead atoms. The van der Waals surface area contributed by atoms with E-state index in [4.69, 9.17) is 9.47 Å². The maximum Gasteiger partial charge on any atom is 0.165 e. The number of nitrogens with zero attached hydrogens (tertiary/aromatic N) is 1. The van der Waals surface area contributed by atoms with E-state index < -0.39 is 0 Å². The van der Waals surface area contributed by atoms with Crippen molar-refractivity contribution in [3.63, 3.8) is 0 Å². The number of aryl methyl sites for hydroxylation is 1. The zero-order chi connectivity index (χ0) is 17.6. The number of benzene rings is 2. The van der Waals surface area contributed by atoms with Crippen LogP contribution in [0.15, 0.2) is 48.7 Å². The summed E-state index contributed by atoms with van der Waals surface area (Å²) in [6.07, 6.45) is 1.95. The van der Waals surface area contributed by atoms with Gasteiger partial charge in [-0.25, -0.2) is 4.98 Å². The van der Waals surface area contributed by atoms with Crippen LogP contribution >= 0.6 is 11.3 Å². The van der Waals surface area contributed by atoms with Gasteiger partial charge in [0.25, 0.3) is 0 Å². The summed E-state index contributed by atoms with van der Waals surface area (Å²) in [5.41, 5.74) is 3.59. The maximum absolute atomic E-state index is 5.47. The van der Waals surface area contributed by atoms with Crippen LogP contribution < -0.4 is 14.8 Å². The smallest absolute Gasteiger partial charge is 0.165 e. The van der Waals surface area contributed by atoms with Crippen LogP contribution in [0.1, 0.15) is 16.1 Å². The highest BCUT2D eigenvalue weighted by molar-refractivity contribution is 7.15. The molecule has 0 spiro atoms. The van der Waals surface area contributed by atoms with Crippen molar-refractivity contribution in [2.45, 2.75) is 20.0 Å². The number of para-hydroxylation sites is 1. The van der Waals surface area contributed by atoms with Gasteiger partial charge in [0.1, 0.15) is 5.01 Å². The fraction of sp³-hybridized carbons (Fsp3) is 0.250. The molecule has 0 atom stereocenters. The molecule has 0 fully saturated rings. The molecule has 130 valence electrons. The third-order valence-corrected chi connectivity index (χ3v) is 5.07. The van der Waals surface area contributed by atoms with Gasteiger partial charge in [-0.05, 0) is 24.1 Å². The van der Waals surface area contributed by atoms with E-state index in [1.165, 1.54) is 16.0 Å². The van der Waals surface area contributed by atoms with Crippen LogP contribution in [-0.4, -0.2) is 19.2 Å². The van der Waals surface area contributed by atoms with E-state index >= 15 is 0 Å². The van der Waals surface area contributed by atoms with Crippen molar-refractivity contribution < 1.29 is 9.47 Å². The molecular formula is C20H22N2O2S. The summed E-state index contributed by atoms with van der Waals surface area (Å²) in [5, 5.41) is 4.51.